The van der Waals surface area contributed by atoms with Crippen LogP contribution in [0.5, 0.6) is 0 Å². The van der Waals surface area contributed by atoms with Crippen molar-refractivity contribution < 1.29 is 34.9 Å². The van der Waals surface area contributed by atoms with Gasteiger partial charge < -0.3 is 34.8 Å². The van der Waals surface area contributed by atoms with Crippen LogP contribution in [0.1, 0.15) is 5.69 Å². The van der Waals surface area contributed by atoms with E-state index in [0.717, 1.165) is 0 Å². The molecular formula is C17H20N4O8. The quantitative estimate of drug-likeness (QED) is 0.252. The summed E-state index contributed by atoms with van der Waals surface area (Å²) in [5.41, 5.74) is 0.131. The number of hydrogen-bond acceptors (Lipinski definition) is 11. The van der Waals surface area contributed by atoms with Crippen molar-refractivity contribution in [3.63, 3.8) is 0 Å². The van der Waals surface area contributed by atoms with Gasteiger partial charge in [0, 0.05) is 31.3 Å². The maximum Gasteiger partial charge on any atom is 0.269 e. The third-order valence-corrected chi connectivity index (χ3v) is 4.17. The first-order valence-electron chi connectivity index (χ1n) is 8.39. The van der Waals surface area contributed by atoms with Crippen LogP contribution in [0.2, 0.25) is 0 Å². The zero-order valence-electron chi connectivity index (χ0n) is 15.3. The zero-order valence-corrected chi connectivity index (χ0v) is 15.3. The van der Waals surface area contributed by atoms with Gasteiger partial charge in [-0.25, -0.2) is 0 Å². The molecule has 156 valence electrons. The van der Waals surface area contributed by atoms with Gasteiger partial charge >= 0.3 is 0 Å². The molecule has 2 aromatic rings. The number of likely N-dealkylation sites (N-methyl/N-ethyl adjacent to an activating group) is 1. The fraction of sp³-hybridized carbons (Fsp3) is 0.412. The van der Waals surface area contributed by atoms with Gasteiger partial charge in [-0.1, -0.05) is 0 Å². The Hall–Kier alpha value is -3.08. The molecule has 12 heteroatoms. The number of rotatable bonds is 9. The molecule has 0 saturated heterocycles. The van der Waals surface area contributed by atoms with Gasteiger partial charge in [-0.05, 0) is 12.1 Å². The summed E-state index contributed by atoms with van der Waals surface area (Å²) in [5.74, 6) is -0.0200. The monoisotopic (exact) mass is 408 g/mol. The van der Waals surface area contributed by atoms with Crippen LogP contribution < -0.4 is 4.90 Å². The van der Waals surface area contributed by atoms with Crippen molar-refractivity contribution in [2.45, 2.75) is 24.4 Å². The molecule has 0 bridgehead atoms. The van der Waals surface area contributed by atoms with E-state index in [-0.39, 0.29) is 29.7 Å². The van der Waals surface area contributed by atoms with Crippen molar-refractivity contribution in [2.75, 3.05) is 25.1 Å². The third kappa shape index (κ3) is 5.05. The van der Waals surface area contributed by atoms with Crippen molar-refractivity contribution in [2.24, 2.45) is 0 Å². The molecule has 1 heterocycles. The number of anilines is 1. The van der Waals surface area contributed by atoms with Crippen LogP contribution in [0.4, 0.5) is 11.6 Å². The van der Waals surface area contributed by atoms with Crippen molar-refractivity contribution in [1.82, 2.24) is 4.98 Å². The van der Waals surface area contributed by atoms with E-state index in [9.17, 15) is 35.8 Å². The molecule has 0 fully saturated rings. The number of aliphatic hydroxyl groups is 5. The van der Waals surface area contributed by atoms with Crippen LogP contribution in [0.3, 0.4) is 0 Å². The Balaban J connectivity index is 2.19. The van der Waals surface area contributed by atoms with Gasteiger partial charge in [0.05, 0.1) is 11.5 Å². The minimum Gasteiger partial charge on any atom is -0.419 e. The number of aromatic nitrogens is 1. The summed E-state index contributed by atoms with van der Waals surface area (Å²) in [4.78, 5) is 15.5. The van der Waals surface area contributed by atoms with Crippen LogP contribution >= 0.6 is 0 Å². The van der Waals surface area contributed by atoms with E-state index in [1.807, 2.05) is 6.07 Å². The first-order valence-corrected chi connectivity index (χ1v) is 8.39. The standard InChI is InChI=1S/C17H20N4O8/c1-20(7-12(23)14(25)15(26)13(24)8-22)17-11(6-18)19-16(29-17)9-2-4-10(5-3-9)21(27)28/h2-5,12-15,22-26H,7-8H2,1H3. The predicted molar refractivity (Wildman–Crippen MR) is 97.7 cm³/mol. The molecule has 0 spiro atoms. The van der Waals surface area contributed by atoms with Crippen molar-refractivity contribution in [3.05, 3.63) is 40.1 Å². The number of oxazole rings is 1. The normalized spacial score (nSPS) is 15.2. The molecule has 12 nitrogen and oxygen atoms in total. The number of benzene rings is 1. The average Bonchev–Trinajstić information content (AvgIpc) is 3.16. The van der Waals surface area contributed by atoms with Gasteiger partial charge in [-0.2, -0.15) is 10.2 Å². The molecule has 0 aliphatic heterocycles. The third-order valence-electron chi connectivity index (χ3n) is 4.17. The lowest BCUT2D eigenvalue weighted by Crippen LogP contribution is -2.49. The van der Waals surface area contributed by atoms with Crippen LogP contribution in [-0.2, 0) is 0 Å². The number of nitriles is 1. The number of nitrogens with zero attached hydrogens (tertiary/aromatic N) is 4. The molecule has 0 amide bonds. The van der Waals surface area contributed by atoms with Gasteiger partial charge in [0.25, 0.3) is 5.69 Å². The van der Waals surface area contributed by atoms with Crippen molar-refractivity contribution in [1.29, 1.82) is 5.26 Å². The first kappa shape index (κ1) is 22.2. The highest BCUT2D eigenvalue weighted by molar-refractivity contribution is 5.60. The largest absolute Gasteiger partial charge is 0.419 e. The SMILES string of the molecule is CN(CC(O)C(O)C(O)C(O)CO)c1oc(-c2ccc([N+](=O)[O-])cc2)nc1C#N. The Morgan fingerprint density at radius 3 is 2.31 bits per heavy atom. The lowest BCUT2D eigenvalue weighted by Gasteiger charge is -2.28. The second-order valence-electron chi connectivity index (χ2n) is 6.27. The number of non-ortho nitro benzene ring substituents is 1. The molecule has 4 atom stereocenters. The van der Waals surface area contributed by atoms with E-state index in [4.69, 9.17) is 9.52 Å². The summed E-state index contributed by atoms with van der Waals surface area (Å²) in [6.45, 7) is -1.11. The van der Waals surface area contributed by atoms with E-state index in [1.54, 1.807) is 0 Å². The summed E-state index contributed by atoms with van der Waals surface area (Å²) in [6.07, 6.45) is -6.76. The Bertz CT molecular complexity index is 879. The predicted octanol–water partition coefficient (Wildman–Crippen LogP) is -1.01. The summed E-state index contributed by atoms with van der Waals surface area (Å²) in [6, 6.07) is 7.14. The molecule has 29 heavy (non-hydrogen) atoms. The fourth-order valence-electron chi connectivity index (χ4n) is 2.53. The van der Waals surface area contributed by atoms with E-state index in [2.05, 4.69) is 4.98 Å². The number of aliphatic hydroxyl groups excluding tert-OH is 5. The fourth-order valence-corrected chi connectivity index (χ4v) is 2.53. The van der Waals surface area contributed by atoms with E-state index < -0.39 is 35.9 Å². The highest BCUT2D eigenvalue weighted by Gasteiger charge is 2.31. The Labute approximate surface area is 164 Å². The molecule has 2 rings (SSSR count). The Kier molecular flexibility index (Phi) is 7.21. The molecule has 0 saturated carbocycles. The highest BCUT2D eigenvalue weighted by atomic mass is 16.6. The van der Waals surface area contributed by atoms with Crippen LogP contribution in [0.25, 0.3) is 11.5 Å². The van der Waals surface area contributed by atoms with Gasteiger partial charge in [-0.15, -0.1) is 0 Å². The van der Waals surface area contributed by atoms with Gasteiger partial charge in [0.1, 0.15) is 30.5 Å². The summed E-state index contributed by atoms with van der Waals surface area (Å²) < 4.78 is 5.54. The molecule has 0 aliphatic rings. The van der Waals surface area contributed by atoms with Crippen molar-refractivity contribution >= 4 is 11.6 Å². The van der Waals surface area contributed by atoms with E-state index in [1.165, 1.54) is 36.2 Å². The Morgan fingerprint density at radius 2 is 1.79 bits per heavy atom. The van der Waals surface area contributed by atoms with Crippen LogP contribution in [0.15, 0.2) is 28.7 Å². The average molecular weight is 408 g/mol. The highest BCUT2D eigenvalue weighted by Crippen LogP contribution is 2.29. The van der Waals surface area contributed by atoms with Crippen molar-refractivity contribution in [3.8, 4) is 17.5 Å². The molecular weight excluding hydrogens is 388 g/mol. The number of nitro groups is 1. The molecule has 1 aromatic heterocycles. The summed E-state index contributed by atoms with van der Waals surface area (Å²) in [7, 11) is 1.44. The molecule has 5 N–H and O–H groups in total. The van der Waals surface area contributed by atoms with Gasteiger partial charge in [0.15, 0.2) is 0 Å². The lowest BCUT2D eigenvalue weighted by molar-refractivity contribution is -0.384. The molecule has 4 unspecified atom stereocenters. The summed E-state index contributed by atoms with van der Waals surface area (Å²) in [5, 5.41) is 67.9. The van der Waals surface area contributed by atoms with Gasteiger partial charge in [-0.3, -0.25) is 10.1 Å². The van der Waals surface area contributed by atoms with E-state index >= 15 is 0 Å². The molecule has 0 aliphatic carbocycles. The second kappa shape index (κ2) is 9.41. The maximum absolute atomic E-state index is 10.7. The molecule has 1 aromatic carbocycles. The first-order chi connectivity index (χ1) is 13.7. The Morgan fingerprint density at radius 1 is 1.21 bits per heavy atom. The number of hydrogen-bond donors (Lipinski definition) is 5. The minimum atomic E-state index is -1.79. The smallest absolute Gasteiger partial charge is 0.269 e. The van der Waals surface area contributed by atoms with Crippen LogP contribution in [0, 0.1) is 21.4 Å². The zero-order chi connectivity index (χ0) is 21.7. The number of nitro benzene ring substituents is 1. The molecule has 0 radical (unpaired) electrons. The van der Waals surface area contributed by atoms with Gasteiger partial charge in [0.2, 0.25) is 17.5 Å². The maximum atomic E-state index is 10.7. The minimum absolute atomic E-state index is 0.0177. The summed E-state index contributed by atoms with van der Waals surface area (Å²) >= 11 is 0. The van der Waals surface area contributed by atoms with Crippen LogP contribution in [-0.4, -0.2) is 80.1 Å². The topological polar surface area (TPSA) is 197 Å². The lowest BCUT2D eigenvalue weighted by atomic mass is 10.0. The van der Waals surface area contributed by atoms with E-state index in [0.29, 0.717) is 5.56 Å². The second-order valence-corrected chi connectivity index (χ2v) is 6.27.